The first-order valence-corrected chi connectivity index (χ1v) is 9.70. The van der Waals surface area contributed by atoms with Gasteiger partial charge in [0, 0.05) is 10.0 Å². The monoisotopic (exact) mass is 403 g/mol. The first-order chi connectivity index (χ1) is 12.1. The van der Waals surface area contributed by atoms with Crippen molar-refractivity contribution in [1.29, 1.82) is 0 Å². The van der Waals surface area contributed by atoms with E-state index in [-0.39, 0.29) is 5.91 Å². The molecule has 0 saturated heterocycles. The number of aryl methyl sites for hydroxylation is 1. The predicted octanol–water partition coefficient (Wildman–Crippen LogP) is 6.36. The number of carbonyl (C=O) groups is 1. The van der Waals surface area contributed by atoms with Crippen LogP contribution < -0.4 is 10.1 Å². The molecular formula is C21H26BrNO2. The largest absolute Gasteiger partial charge is 0.494 e. The van der Waals surface area contributed by atoms with Crippen LogP contribution in [0.1, 0.15) is 54.9 Å². The second-order valence-electron chi connectivity index (χ2n) is 6.22. The van der Waals surface area contributed by atoms with Gasteiger partial charge < -0.3 is 10.1 Å². The Labute approximate surface area is 158 Å². The number of ether oxygens (including phenoxy) is 1. The van der Waals surface area contributed by atoms with Crippen LogP contribution in [0.4, 0.5) is 5.69 Å². The maximum absolute atomic E-state index is 12.4. The third-order valence-corrected chi connectivity index (χ3v) is 4.66. The molecule has 1 N–H and O–H groups in total. The lowest BCUT2D eigenvalue weighted by molar-refractivity contribution is 0.102. The number of amides is 1. The number of carbonyl (C=O) groups excluding carboxylic acids is 1. The summed E-state index contributed by atoms with van der Waals surface area (Å²) in [6.07, 6.45) is 6.10. The van der Waals surface area contributed by atoms with Gasteiger partial charge in [0.1, 0.15) is 5.75 Å². The van der Waals surface area contributed by atoms with Crippen LogP contribution in [0.3, 0.4) is 0 Å². The van der Waals surface area contributed by atoms with Gasteiger partial charge in [0.05, 0.1) is 12.3 Å². The fourth-order valence-corrected chi connectivity index (χ4v) is 3.11. The summed E-state index contributed by atoms with van der Waals surface area (Å²) in [4.78, 5) is 12.4. The Kier molecular flexibility index (Phi) is 7.99. The molecule has 3 nitrogen and oxygen atoms in total. The van der Waals surface area contributed by atoms with Crippen LogP contribution in [0.2, 0.25) is 0 Å². The van der Waals surface area contributed by atoms with Gasteiger partial charge in [-0.1, -0.05) is 38.7 Å². The number of hydrogen-bond acceptors (Lipinski definition) is 2. The molecule has 0 heterocycles. The van der Waals surface area contributed by atoms with Gasteiger partial charge in [-0.25, -0.2) is 0 Å². The first kappa shape index (κ1) is 19.5. The minimum absolute atomic E-state index is 0.129. The zero-order valence-electron chi connectivity index (χ0n) is 15.0. The molecule has 2 aromatic rings. The van der Waals surface area contributed by atoms with Crippen molar-refractivity contribution in [2.24, 2.45) is 0 Å². The maximum Gasteiger partial charge on any atom is 0.255 e. The van der Waals surface area contributed by atoms with Gasteiger partial charge in [-0.2, -0.15) is 0 Å². The van der Waals surface area contributed by atoms with E-state index in [9.17, 15) is 4.79 Å². The van der Waals surface area contributed by atoms with Gasteiger partial charge in [0.15, 0.2) is 0 Å². The van der Waals surface area contributed by atoms with Gasteiger partial charge >= 0.3 is 0 Å². The molecule has 0 fully saturated rings. The summed E-state index contributed by atoms with van der Waals surface area (Å²) in [5.74, 6) is 0.680. The normalized spacial score (nSPS) is 10.5. The molecule has 0 unspecified atom stereocenters. The van der Waals surface area contributed by atoms with E-state index < -0.39 is 0 Å². The highest BCUT2D eigenvalue weighted by Gasteiger charge is 2.08. The van der Waals surface area contributed by atoms with Crippen LogP contribution in [-0.4, -0.2) is 12.5 Å². The van der Waals surface area contributed by atoms with Gasteiger partial charge in [-0.05, 0) is 71.2 Å². The minimum atomic E-state index is -0.129. The molecule has 0 aromatic heterocycles. The second kappa shape index (κ2) is 10.2. The molecule has 25 heavy (non-hydrogen) atoms. The summed E-state index contributed by atoms with van der Waals surface area (Å²) < 4.78 is 6.61. The molecule has 0 aliphatic carbocycles. The first-order valence-electron chi connectivity index (χ1n) is 8.90. The standard InChI is InChI=1S/C21H26BrNO2/c1-3-4-5-6-7-14-25-18-11-9-17(10-12-18)21(24)23-20-13-8-16(2)15-19(20)22/h8-13,15H,3-7,14H2,1-2H3,(H,23,24). The Hall–Kier alpha value is -1.81. The number of halogens is 1. The molecule has 2 aromatic carbocycles. The molecular weight excluding hydrogens is 378 g/mol. The zero-order chi connectivity index (χ0) is 18.1. The highest BCUT2D eigenvalue weighted by Crippen LogP contribution is 2.24. The van der Waals surface area contributed by atoms with Crippen LogP contribution in [0.5, 0.6) is 5.75 Å². The quantitative estimate of drug-likeness (QED) is 0.494. The van der Waals surface area contributed by atoms with Crippen LogP contribution in [-0.2, 0) is 0 Å². The lowest BCUT2D eigenvalue weighted by Crippen LogP contribution is -2.12. The number of rotatable bonds is 9. The third kappa shape index (κ3) is 6.54. The number of benzene rings is 2. The molecule has 1 amide bonds. The van der Waals surface area contributed by atoms with E-state index in [1.807, 2.05) is 37.3 Å². The minimum Gasteiger partial charge on any atom is -0.494 e. The van der Waals surface area contributed by atoms with Gasteiger partial charge in [-0.15, -0.1) is 0 Å². The Balaban J connectivity index is 1.83. The predicted molar refractivity (Wildman–Crippen MR) is 108 cm³/mol. The fraction of sp³-hybridized carbons (Fsp3) is 0.381. The highest BCUT2D eigenvalue weighted by atomic mass is 79.9. The smallest absolute Gasteiger partial charge is 0.255 e. The number of anilines is 1. The van der Waals surface area contributed by atoms with E-state index in [2.05, 4.69) is 28.2 Å². The van der Waals surface area contributed by atoms with Crippen molar-refractivity contribution in [3.05, 3.63) is 58.1 Å². The fourth-order valence-electron chi connectivity index (χ4n) is 2.51. The van der Waals surface area contributed by atoms with Crippen molar-refractivity contribution in [2.45, 2.75) is 46.0 Å². The molecule has 0 radical (unpaired) electrons. The van der Waals surface area contributed by atoms with Crippen molar-refractivity contribution in [2.75, 3.05) is 11.9 Å². The van der Waals surface area contributed by atoms with E-state index in [1.54, 1.807) is 12.1 Å². The van der Waals surface area contributed by atoms with E-state index in [0.717, 1.165) is 34.5 Å². The Bertz CT molecular complexity index is 683. The maximum atomic E-state index is 12.4. The molecule has 0 aliphatic rings. The van der Waals surface area contributed by atoms with Crippen molar-refractivity contribution >= 4 is 27.5 Å². The summed E-state index contributed by atoms with van der Waals surface area (Å²) in [6, 6.07) is 13.1. The van der Waals surface area contributed by atoms with Crippen molar-refractivity contribution < 1.29 is 9.53 Å². The number of nitrogens with one attached hydrogen (secondary N) is 1. The summed E-state index contributed by atoms with van der Waals surface area (Å²) in [7, 11) is 0. The molecule has 0 atom stereocenters. The molecule has 0 saturated carbocycles. The Morgan fingerprint density at radius 3 is 2.44 bits per heavy atom. The highest BCUT2D eigenvalue weighted by molar-refractivity contribution is 9.10. The van der Waals surface area contributed by atoms with Gasteiger partial charge in [-0.3, -0.25) is 4.79 Å². The van der Waals surface area contributed by atoms with Crippen LogP contribution in [0.25, 0.3) is 0 Å². The molecule has 2 rings (SSSR count). The summed E-state index contributed by atoms with van der Waals surface area (Å²) >= 11 is 3.48. The van der Waals surface area contributed by atoms with E-state index >= 15 is 0 Å². The average Bonchev–Trinajstić information content (AvgIpc) is 2.61. The van der Waals surface area contributed by atoms with Gasteiger partial charge in [0.25, 0.3) is 5.91 Å². The van der Waals surface area contributed by atoms with Crippen LogP contribution in [0.15, 0.2) is 46.9 Å². The summed E-state index contributed by atoms with van der Waals surface area (Å²) in [6.45, 7) is 4.95. The number of unbranched alkanes of at least 4 members (excludes halogenated alkanes) is 4. The molecule has 0 bridgehead atoms. The SMILES string of the molecule is CCCCCCCOc1ccc(C(=O)Nc2ccc(C)cc2Br)cc1. The molecule has 134 valence electrons. The van der Waals surface area contributed by atoms with E-state index in [4.69, 9.17) is 4.74 Å². The Morgan fingerprint density at radius 2 is 1.76 bits per heavy atom. The second-order valence-corrected chi connectivity index (χ2v) is 7.08. The van der Waals surface area contributed by atoms with Crippen molar-refractivity contribution in [3.8, 4) is 5.75 Å². The lowest BCUT2D eigenvalue weighted by atomic mass is 10.1. The van der Waals surface area contributed by atoms with Crippen LogP contribution in [0, 0.1) is 6.92 Å². The molecule has 4 heteroatoms. The van der Waals surface area contributed by atoms with E-state index in [0.29, 0.717) is 5.56 Å². The molecule has 0 aliphatic heterocycles. The van der Waals surface area contributed by atoms with E-state index in [1.165, 1.54) is 25.7 Å². The third-order valence-electron chi connectivity index (χ3n) is 4.01. The van der Waals surface area contributed by atoms with Crippen molar-refractivity contribution in [3.63, 3.8) is 0 Å². The topological polar surface area (TPSA) is 38.3 Å². The zero-order valence-corrected chi connectivity index (χ0v) is 16.6. The average molecular weight is 404 g/mol. The Morgan fingerprint density at radius 1 is 1.04 bits per heavy atom. The summed E-state index contributed by atoms with van der Waals surface area (Å²) in [5, 5.41) is 2.92. The van der Waals surface area contributed by atoms with Gasteiger partial charge in [0.2, 0.25) is 0 Å². The van der Waals surface area contributed by atoms with Crippen LogP contribution >= 0.6 is 15.9 Å². The number of hydrogen-bond donors (Lipinski definition) is 1. The van der Waals surface area contributed by atoms with Crippen molar-refractivity contribution in [1.82, 2.24) is 0 Å². The molecule has 0 spiro atoms. The lowest BCUT2D eigenvalue weighted by Gasteiger charge is -2.09. The summed E-state index contributed by atoms with van der Waals surface area (Å²) in [5.41, 5.74) is 2.52.